The van der Waals surface area contributed by atoms with Crippen LogP contribution in [0.3, 0.4) is 0 Å². The van der Waals surface area contributed by atoms with Crippen LogP contribution in [0.5, 0.6) is 0 Å². The molecule has 0 spiro atoms. The molecule has 0 atom stereocenters. The van der Waals surface area contributed by atoms with Crippen molar-refractivity contribution in [3.8, 4) is 0 Å². The van der Waals surface area contributed by atoms with Crippen LogP contribution >= 0.6 is 0 Å². The predicted molar refractivity (Wildman–Crippen MR) is 10.9 cm³/mol. The Bertz CT molecular complexity index is 33.8. The molecule has 0 aromatic carbocycles. The minimum Gasteiger partial charge on any atom is 0 e. The molecule has 0 aliphatic rings. The molecule has 0 saturated carbocycles. The fourth-order valence-corrected chi connectivity index (χ4v) is 0. The van der Waals surface area contributed by atoms with Crippen molar-refractivity contribution in [1.29, 1.82) is 0 Å². The van der Waals surface area contributed by atoms with Gasteiger partial charge in [-0.15, -0.1) is 0 Å². The van der Waals surface area contributed by atoms with Crippen molar-refractivity contribution in [1.82, 2.24) is 0 Å². The standard InChI is InChI=1S/Ag.Mo.H2O3Se/c;;1-4(2)3/h;;(H2,1,2,3). The van der Waals surface area contributed by atoms with E-state index in [1.165, 1.54) is 0 Å². The molecule has 0 aromatic heterocycles. The zero-order valence-corrected chi connectivity index (χ0v) is 7.62. The van der Waals surface area contributed by atoms with Crippen molar-refractivity contribution in [3.63, 3.8) is 0 Å². The molecule has 0 rings (SSSR count). The fraction of sp³-hybridized carbons (Fsp3) is 0. The van der Waals surface area contributed by atoms with Crippen molar-refractivity contribution < 1.29 is 55.7 Å². The van der Waals surface area contributed by atoms with Gasteiger partial charge in [0.25, 0.3) is 0 Å². The quantitative estimate of drug-likeness (QED) is 0.524. The molecule has 0 fully saturated rings. The summed E-state index contributed by atoms with van der Waals surface area (Å²) in [5.41, 5.74) is 0. The average molecular weight is 333 g/mol. The Labute approximate surface area is 69.6 Å². The second kappa shape index (κ2) is 9.83. The van der Waals surface area contributed by atoms with Crippen LogP contribution in [0.4, 0.5) is 0 Å². The van der Waals surface area contributed by atoms with E-state index in [1.54, 1.807) is 0 Å². The van der Waals surface area contributed by atoms with E-state index in [1.807, 2.05) is 0 Å². The maximum Gasteiger partial charge on any atom is 0 e. The summed E-state index contributed by atoms with van der Waals surface area (Å²) < 4.78 is 23.1. The first-order valence-corrected chi connectivity index (χ1v) is 2.76. The summed E-state index contributed by atoms with van der Waals surface area (Å²) in [6.07, 6.45) is 0. The molecule has 2 N–H and O–H groups in total. The minimum atomic E-state index is -3.29. The van der Waals surface area contributed by atoms with Crippen molar-refractivity contribution in [2.45, 2.75) is 0 Å². The van der Waals surface area contributed by atoms with Crippen molar-refractivity contribution in [2.24, 2.45) is 0 Å². The summed E-state index contributed by atoms with van der Waals surface area (Å²) in [6, 6.07) is 0. The SMILES string of the molecule is O=[Se](O)O.[Ag].[Mo]. The molecule has 1 radical (unpaired) electrons. The van der Waals surface area contributed by atoms with Crippen LogP contribution in [0.2, 0.25) is 0 Å². The molecule has 6 heteroatoms. The fourth-order valence-electron chi connectivity index (χ4n) is 0. The number of hydrogen-bond acceptors (Lipinski definition) is 1. The van der Waals surface area contributed by atoms with Crippen molar-refractivity contribution >= 4 is 14.5 Å². The molecule has 0 aromatic rings. The van der Waals surface area contributed by atoms with Gasteiger partial charge in [0.15, 0.2) is 0 Å². The van der Waals surface area contributed by atoms with E-state index in [2.05, 4.69) is 0 Å². The van der Waals surface area contributed by atoms with Crippen LogP contribution in [0.15, 0.2) is 0 Å². The Kier molecular flexibility index (Phi) is 25.6. The molecule has 0 unspecified atom stereocenters. The van der Waals surface area contributed by atoms with Gasteiger partial charge in [0.05, 0.1) is 0 Å². The molecular weight excluding hydrogens is 331 g/mol. The van der Waals surface area contributed by atoms with Gasteiger partial charge in [0, 0.05) is 43.4 Å². The first-order valence-electron chi connectivity index (χ1n) is 0.532. The first-order chi connectivity index (χ1) is 1.73. The molecule has 0 amide bonds. The topological polar surface area (TPSA) is 57.5 Å². The van der Waals surface area contributed by atoms with Gasteiger partial charge in [-0.05, 0) is 0 Å². The van der Waals surface area contributed by atoms with E-state index in [9.17, 15) is 0 Å². The molecule has 6 heavy (non-hydrogen) atoms. The average Bonchev–Trinajstić information content (AvgIpc) is 0.811. The van der Waals surface area contributed by atoms with Gasteiger partial charge >= 0.3 is 26.7 Å². The van der Waals surface area contributed by atoms with E-state index in [0.29, 0.717) is 0 Å². The summed E-state index contributed by atoms with van der Waals surface area (Å²) in [7, 11) is 0. The van der Waals surface area contributed by atoms with Gasteiger partial charge in [-0.3, -0.25) is 0 Å². The molecule has 43 valence electrons. The molecule has 3 nitrogen and oxygen atoms in total. The predicted octanol–water partition coefficient (Wildman–Crippen LogP) is -1.62. The Balaban J connectivity index is -0.0000000450. The minimum absolute atomic E-state index is 0. The van der Waals surface area contributed by atoms with Crippen LogP contribution in [0.1, 0.15) is 0 Å². The molecule has 0 aliphatic heterocycles. The second-order valence-corrected chi connectivity index (χ2v) is 1.20. The van der Waals surface area contributed by atoms with E-state index >= 15 is 0 Å². The summed E-state index contributed by atoms with van der Waals surface area (Å²) in [4.78, 5) is 0. The van der Waals surface area contributed by atoms with Gasteiger partial charge in [-0.1, -0.05) is 0 Å². The van der Waals surface area contributed by atoms with Gasteiger partial charge < -0.3 is 0 Å². The largest absolute Gasteiger partial charge is 0 e. The maximum atomic E-state index is 8.76. The Morgan fingerprint density at radius 1 is 1.33 bits per heavy atom. The summed E-state index contributed by atoms with van der Waals surface area (Å²) >= 11 is -3.29. The zero-order chi connectivity index (χ0) is 3.58. The third kappa shape index (κ3) is 44.4. The van der Waals surface area contributed by atoms with Gasteiger partial charge in [0.2, 0.25) is 0 Å². The van der Waals surface area contributed by atoms with Crippen LogP contribution in [0.25, 0.3) is 0 Å². The van der Waals surface area contributed by atoms with E-state index in [0.717, 1.165) is 0 Å². The molecule has 0 aliphatic carbocycles. The summed E-state index contributed by atoms with van der Waals surface area (Å²) in [5, 5.41) is 0. The third-order valence-electron chi connectivity index (χ3n) is 0. The number of rotatable bonds is 0. The smallest absolute Gasteiger partial charge is 0 e. The molecular formula is H2AgMoO3Se. The van der Waals surface area contributed by atoms with E-state index in [-0.39, 0.29) is 43.4 Å². The van der Waals surface area contributed by atoms with E-state index < -0.39 is 14.5 Å². The maximum absolute atomic E-state index is 8.76. The molecule has 0 bridgehead atoms. The first kappa shape index (κ1) is 15.6. The van der Waals surface area contributed by atoms with Crippen molar-refractivity contribution in [2.75, 3.05) is 0 Å². The molecule has 0 saturated heterocycles. The second-order valence-electron chi connectivity index (χ2n) is 0.231. The zero-order valence-electron chi connectivity index (χ0n) is 2.42. The monoisotopic (exact) mass is 335 g/mol. The normalized spacial score (nSPS) is 5.83. The van der Waals surface area contributed by atoms with Crippen LogP contribution < -0.4 is 0 Å². The third-order valence-corrected chi connectivity index (χ3v) is 0. The number of hydrogen-bond donors (Lipinski definition) is 2. The van der Waals surface area contributed by atoms with Gasteiger partial charge in [-0.25, -0.2) is 0 Å². The van der Waals surface area contributed by atoms with Crippen molar-refractivity contribution in [3.05, 3.63) is 0 Å². The van der Waals surface area contributed by atoms with Crippen LogP contribution in [0, 0.1) is 0 Å². The van der Waals surface area contributed by atoms with Crippen LogP contribution in [-0.2, 0) is 47.3 Å². The van der Waals surface area contributed by atoms with Gasteiger partial charge in [-0.2, -0.15) is 0 Å². The summed E-state index contributed by atoms with van der Waals surface area (Å²) in [5.74, 6) is 0. The Morgan fingerprint density at radius 2 is 1.33 bits per heavy atom. The summed E-state index contributed by atoms with van der Waals surface area (Å²) in [6.45, 7) is 0. The Morgan fingerprint density at radius 3 is 1.33 bits per heavy atom. The Hall–Kier alpha value is 1.67. The van der Waals surface area contributed by atoms with Gasteiger partial charge in [0.1, 0.15) is 0 Å². The van der Waals surface area contributed by atoms with E-state index in [4.69, 9.17) is 12.2 Å². The molecule has 0 heterocycles. The van der Waals surface area contributed by atoms with Crippen LogP contribution in [-0.4, -0.2) is 22.9 Å².